The summed E-state index contributed by atoms with van der Waals surface area (Å²) in [4.78, 5) is 29.0. The van der Waals surface area contributed by atoms with Crippen LogP contribution in [-0.4, -0.2) is 78.2 Å². The van der Waals surface area contributed by atoms with Crippen molar-refractivity contribution in [2.75, 3.05) is 39.3 Å². The first-order chi connectivity index (χ1) is 15.1. The monoisotopic (exact) mass is 484 g/mol. The van der Waals surface area contributed by atoms with Gasteiger partial charge in [0.25, 0.3) is 11.8 Å². The van der Waals surface area contributed by atoms with Gasteiger partial charge in [0.1, 0.15) is 16.4 Å². The summed E-state index contributed by atoms with van der Waals surface area (Å²) in [6, 6.07) is 5.01. The van der Waals surface area contributed by atoms with Gasteiger partial charge in [-0.15, -0.1) is 0 Å². The van der Waals surface area contributed by atoms with Gasteiger partial charge >= 0.3 is 0 Å². The van der Waals surface area contributed by atoms with E-state index < -0.39 is 15.8 Å². The second-order valence-corrected chi connectivity index (χ2v) is 9.81. The third-order valence-corrected chi connectivity index (χ3v) is 7.89. The highest BCUT2D eigenvalue weighted by atomic mass is 35.5. The fraction of sp³-hybridized carbons (Fsp3) is 0.429. The fourth-order valence-corrected chi connectivity index (χ4v) is 5.49. The molecule has 11 heteroatoms. The first-order valence-corrected chi connectivity index (χ1v) is 12.1. The lowest BCUT2D eigenvalue weighted by molar-refractivity contribution is 0.0530. The number of nitrogens with zero attached hydrogens (tertiary/aromatic N) is 4. The molecular formula is C21H26ClFN4O4S. The van der Waals surface area contributed by atoms with Crippen LogP contribution in [0.25, 0.3) is 0 Å². The van der Waals surface area contributed by atoms with Crippen molar-refractivity contribution < 1.29 is 22.4 Å². The zero-order valence-corrected chi connectivity index (χ0v) is 19.8. The van der Waals surface area contributed by atoms with Gasteiger partial charge in [0.15, 0.2) is 0 Å². The lowest BCUT2D eigenvalue weighted by Crippen LogP contribution is -2.50. The molecule has 0 atom stereocenters. The highest BCUT2D eigenvalue weighted by molar-refractivity contribution is 7.89. The van der Waals surface area contributed by atoms with Crippen LogP contribution in [0.1, 0.15) is 34.7 Å². The Labute approximate surface area is 192 Å². The Kier molecular flexibility index (Phi) is 7.26. The molecule has 0 saturated carbocycles. The average molecular weight is 485 g/mol. The largest absolute Gasteiger partial charge is 0.345 e. The SMILES string of the molecule is CCN(CC)S(=O)(=O)c1cc(C(=O)N2CCN(C(=O)c3ccc(F)cc3Cl)CC2)n(C)c1. The maximum atomic E-state index is 13.3. The first-order valence-electron chi connectivity index (χ1n) is 10.3. The topological polar surface area (TPSA) is 82.9 Å². The van der Waals surface area contributed by atoms with Crippen LogP contribution in [0, 0.1) is 5.82 Å². The molecule has 1 fully saturated rings. The number of rotatable bonds is 6. The molecule has 0 unspecified atom stereocenters. The van der Waals surface area contributed by atoms with Crippen LogP contribution in [0.5, 0.6) is 0 Å². The number of carbonyl (C=O) groups excluding carboxylic acids is 2. The zero-order chi connectivity index (χ0) is 23.6. The number of carbonyl (C=O) groups is 2. The second-order valence-electron chi connectivity index (χ2n) is 7.47. The van der Waals surface area contributed by atoms with Gasteiger partial charge in [0.05, 0.1) is 10.6 Å². The van der Waals surface area contributed by atoms with Gasteiger partial charge in [-0.25, -0.2) is 12.8 Å². The summed E-state index contributed by atoms with van der Waals surface area (Å²) < 4.78 is 41.6. The Morgan fingerprint density at radius 2 is 1.59 bits per heavy atom. The Morgan fingerprint density at radius 3 is 2.12 bits per heavy atom. The van der Waals surface area contributed by atoms with Crippen molar-refractivity contribution in [3.63, 3.8) is 0 Å². The van der Waals surface area contributed by atoms with E-state index in [0.29, 0.717) is 13.1 Å². The summed E-state index contributed by atoms with van der Waals surface area (Å²) >= 11 is 6.00. The van der Waals surface area contributed by atoms with Gasteiger partial charge in [-0.2, -0.15) is 4.31 Å². The van der Waals surface area contributed by atoms with E-state index in [1.807, 2.05) is 0 Å². The average Bonchev–Trinajstić information content (AvgIpc) is 3.16. The van der Waals surface area contributed by atoms with E-state index in [1.165, 1.54) is 33.3 Å². The molecule has 0 radical (unpaired) electrons. The molecule has 3 rings (SSSR count). The third kappa shape index (κ3) is 4.67. The molecule has 1 aliphatic heterocycles. The van der Waals surface area contributed by atoms with Crippen molar-refractivity contribution in [2.24, 2.45) is 7.05 Å². The predicted octanol–water partition coefficient (Wildman–Crippen LogP) is 2.45. The molecule has 1 aliphatic rings. The second kappa shape index (κ2) is 9.60. The van der Waals surface area contributed by atoms with E-state index in [2.05, 4.69) is 0 Å². The zero-order valence-electron chi connectivity index (χ0n) is 18.2. The molecule has 1 aromatic heterocycles. The number of hydrogen-bond donors (Lipinski definition) is 0. The van der Waals surface area contributed by atoms with Crippen LogP contribution in [0.3, 0.4) is 0 Å². The number of amides is 2. The minimum Gasteiger partial charge on any atom is -0.345 e. The summed E-state index contributed by atoms with van der Waals surface area (Å²) in [6.45, 7) is 5.34. The van der Waals surface area contributed by atoms with E-state index in [4.69, 9.17) is 11.6 Å². The Bertz CT molecular complexity index is 1120. The van der Waals surface area contributed by atoms with Crippen molar-refractivity contribution in [1.82, 2.24) is 18.7 Å². The third-order valence-electron chi connectivity index (χ3n) is 5.56. The number of benzene rings is 1. The maximum absolute atomic E-state index is 13.3. The Hall–Kier alpha value is -2.43. The smallest absolute Gasteiger partial charge is 0.270 e. The number of hydrogen-bond acceptors (Lipinski definition) is 4. The molecule has 2 amide bonds. The fourth-order valence-electron chi connectivity index (χ4n) is 3.71. The minimum atomic E-state index is -3.68. The Balaban J connectivity index is 1.71. The molecule has 0 aliphatic carbocycles. The van der Waals surface area contributed by atoms with Gasteiger partial charge in [0, 0.05) is 52.5 Å². The molecule has 0 bridgehead atoms. The van der Waals surface area contributed by atoms with Gasteiger partial charge in [-0.1, -0.05) is 25.4 Å². The summed E-state index contributed by atoms with van der Waals surface area (Å²) in [7, 11) is -2.05. The molecule has 0 N–H and O–H groups in total. The standard InChI is InChI=1S/C21H26ClFN4O4S/c1-4-27(5-2)32(30,31)16-13-19(24(3)14-16)21(29)26-10-8-25(9-11-26)20(28)17-7-6-15(23)12-18(17)22/h6-7,12-14H,4-5,8-11H2,1-3H3. The minimum absolute atomic E-state index is 0.0410. The van der Waals surface area contributed by atoms with Crippen molar-refractivity contribution in [1.29, 1.82) is 0 Å². The lowest BCUT2D eigenvalue weighted by atomic mass is 10.1. The predicted molar refractivity (Wildman–Crippen MR) is 119 cm³/mol. The van der Waals surface area contributed by atoms with Crippen molar-refractivity contribution in [3.05, 3.63) is 52.6 Å². The molecular weight excluding hydrogens is 459 g/mol. The molecule has 32 heavy (non-hydrogen) atoms. The van der Waals surface area contributed by atoms with Crippen LogP contribution in [0.4, 0.5) is 4.39 Å². The molecule has 174 valence electrons. The van der Waals surface area contributed by atoms with Gasteiger partial charge in [0.2, 0.25) is 10.0 Å². The quantitative estimate of drug-likeness (QED) is 0.630. The van der Waals surface area contributed by atoms with Crippen LogP contribution in [-0.2, 0) is 17.1 Å². The molecule has 2 aromatic rings. The van der Waals surface area contributed by atoms with E-state index in [1.54, 1.807) is 30.7 Å². The summed E-state index contributed by atoms with van der Waals surface area (Å²) in [5.74, 6) is -1.15. The highest BCUT2D eigenvalue weighted by Crippen LogP contribution is 2.22. The molecule has 2 heterocycles. The summed E-state index contributed by atoms with van der Waals surface area (Å²) in [5, 5.41) is 0.0410. The molecule has 1 aromatic carbocycles. The highest BCUT2D eigenvalue weighted by Gasteiger charge is 2.30. The van der Waals surface area contributed by atoms with Crippen molar-refractivity contribution in [2.45, 2.75) is 18.7 Å². The molecule has 1 saturated heterocycles. The van der Waals surface area contributed by atoms with E-state index in [9.17, 15) is 22.4 Å². The normalized spacial score (nSPS) is 14.8. The van der Waals surface area contributed by atoms with Crippen LogP contribution < -0.4 is 0 Å². The summed E-state index contributed by atoms with van der Waals surface area (Å²) in [5.41, 5.74) is 0.471. The number of halogens is 2. The first kappa shape index (κ1) is 24.2. The van der Waals surface area contributed by atoms with Crippen LogP contribution in [0.15, 0.2) is 35.4 Å². The molecule has 0 spiro atoms. The number of aryl methyl sites for hydroxylation is 1. The van der Waals surface area contributed by atoms with E-state index in [0.717, 1.165) is 6.07 Å². The van der Waals surface area contributed by atoms with Crippen LogP contribution in [0.2, 0.25) is 5.02 Å². The molecule has 8 nitrogen and oxygen atoms in total. The van der Waals surface area contributed by atoms with Gasteiger partial charge < -0.3 is 14.4 Å². The lowest BCUT2D eigenvalue weighted by Gasteiger charge is -2.35. The maximum Gasteiger partial charge on any atom is 0.270 e. The Morgan fingerprint density at radius 1 is 1.03 bits per heavy atom. The van der Waals surface area contributed by atoms with Crippen LogP contribution >= 0.6 is 11.6 Å². The number of piperazine rings is 1. The van der Waals surface area contributed by atoms with E-state index in [-0.39, 0.29) is 59.2 Å². The number of sulfonamides is 1. The van der Waals surface area contributed by atoms with Gasteiger partial charge in [-0.3, -0.25) is 9.59 Å². The number of aromatic nitrogens is 1. The van der Waals surface area contributed by atoms with Gasteiger partial charge in [-0.05, 0) is 24.3 Å². The van der Waals surface area contributed by atoms with Crippen molar-refractivity contribution >= 4 is 33.4 Å². The van der Waals surface area contributed by atoms with E-state index >= 15 is 0 Å². The summed E-state index contributed by atoms with van der Waals surface area (Å²) in [6.07, 6.45) is 1.44. The van der Waals surface area contributed by atoms with Crippen molar-refractivity contribution in [3.8, 4) is 0 Å².